The summed E-state index contributed by atoms with van der Waals surface area (Å²) in [7, 11) is 0. The summed E-state index contributed by atoms with van der Waals surface area (Å²) >= 11 is 0. The van der Waals surface area contributed by atoms with Gasteiger partial charge in [0, 0.05) is 0 Å². The minimum Gasteiger partial charge on any atom is -0.103 e. The molecule has 0 bridgehead atoms. The molecule has 0 heterocycles. The Hall–Kier alpha value is -1.04. The van der Waals surface area contributed by atoms with E-state index in [4.69, 9.17) is 0 Å². The first-order valence-corrected chi connectivity index (χ1v) is 6.41. The average molecular weight is 216 g/mol. The summed E-state index contributed by atoms with van der Waals surface area (Å²) in [5.41, 5.74) is 4.43. The molecular formula is C16H24. The molecule has 0 aliphatic rings. The van der Waals surface area contributed by atoms with E-state index >= 15 is 0 Å². The molecule has 0 spiro atoms. The van der Waals surface area contributed by atoms with Gasteiger partial charge in [-0.25, -0.2) is 0 Å². The molecule has 1 aromatic carbocycles. The molecule has 0 nitrogen and oxygen atoms in total. The highest BCUT2D eigenvalue weighted by atomic mass is 14.1. The second-order valence-electron chi connectivity index (χ2n) is 4.60. The average Bonchev–Trinajstić information content (AvgIpc) is 2.29. The number of aryl methyl sites for hydroxylation is 2. The summed E-state index contributed by atoms with van der Waals surface area (Å²) in [5, 5.41) is 0. The topological polar surface area (TPSA) is 0 Å². The Morgan fingerprint density at radius 3 is 2.56 bits per heavy atom. The van der Waals surface area contributed by atoms with Crippen LogP contribution >= 0.6 is 0 Å². The Labute approximate surface area is 100 Å². The molecule has 0 fully saturated rings. The number of benzene rings is 1. The van der Waals surface area contributed by atoms with E-state index in [9.17, 15) is 0 Å². The van der Waals surface area contributed by atoms with Crippen LogP contribution in [0, 0.1) is 13.8 Å². The first-order valence-electron chi connectivity index (χ1n) is 6.41. The maximum absolute atomic E-state index is 3.75. The molecule has 0 aliphatic carbocycles. The Morgan fingerprint density at radius 2 is 1.81 bits per heavy atom. The van der Waals surface area contributed by atoms with Crippen molar-refractivity contribution in [1.82, 2.24) is 0 Å². The quantitative estimate of drug-likeness (QED) is 0.445. The predicted molar refractivity (Wildman–Crippen MR) is 72.9 cm³/mol. The van der Waals surface area contributed by atoms with Gasteiger partial charge in [-0.3, -0.25) is 0 Å². The van der Waals surface area contributed by atoms with Crippen LogP contribution < -0.4 is 0 Å². The van der Waals surface area contributed by atoms with Gasteiger partial charge < -0.3 is 0 Å². The van der Waals surface area contributed by atoms with E-state index in [0.717, 1.165) is 0 Å². The van der Waals surface area contributed by atoms with Gasteiger partial charge >= 0.3 is 0 Å². The van der Waals surface area contributed by atoms with E-state index in [2.05, 4.69) is 38.6 Å². The van der Waals surface area contributed by atoms with Crippen LogP contribution in [0.4, 0.5) is 0 Å². The van der Waals surface area contributed by atoms with E-state index in [-0.39, 0.29) is 0 Å². The highest BCUT2D eigenvalue weighted by Gasteiger charge is 1.99. The summed E-state index contributed by atoms with van der Waals surface area (Å²) < 4.78 is 0. The normalized spacial score (nSPS) is 10.4. The van der Waals surface area contributed by atoms with Gasteiger partial charge in [-0.15, -0.1) is 6.58 Å². The van der Waals surface area contributed by atoms with Gasteiger partial charge in [0.15, 0.2) is 0 Å². The van der Waals surface area contributed by atoms with Crippen LogP contribution in [0.1, 0.15) is 48.8 Å². The molecule has 88 valence electrons. The van der Waals surface area contributed by atoms with Gasteiger partial charge in [0.25, 0.3) is 0 Å². The predicted octanol–water partition coefficient (Wildman–Crippen LogP) is 4.98. The molecule has 0 unspecified atom stereocenters. The third-order valence-corrected chi connectivity index (χ3v) is 3.32. The van der Waals surface area contributed by atoms with Crippen molar-refractivity contribution in [3.8, 4) is 0 Å². The van der Waals surface area contributed by atoms with Crippen molar-refractivity contribution in [3.05, 3.63) is 47.5 Å². The van der Waals surface area contributed by atoms with E-state index in [0.29, 0.717) is 0 Å². The summed E-state index contributed by atoms with van der Waals surface area (Å²) in [6, 6.07) is 6.64. The van der Waals surface area contributed by atoms with Crippen molar-refractivity contribution in [2.45, 2.75) is 52.4 Å². The highest BCUT2D eigenvalue weighted by Crippen LogP contribution is 2.16. The standard InChI is InChI=1S/C16H24/c1-4-5-6-7-8-9-12-16-13-10-11-14(2)15(16)3/h4,10-11,13H,1,5-9,12H2,2-3H3. The van der Waals surface area contributed by atoms with Crippen molar-refractivity contribution in [3.63, 3.8) is 0 Å². The zero-order valence-electron chi connectivity index (χ0n) is 10.8. The fourth-order valence-electron chi connectivity index (χ4n) is 2.04. The van der Waals surface area contributed by atoms with Crippen molar-refractivity contribution < 1.29 is 0 Å². The molecule has 0 aromatic heterocycles. The smallest absolute Gasteiger partial charge is 0.0276 e. The van der Waals surface area contributed by atoms with Crippen LogP contribution in [-0.2, 0) is 6.42 Å². The fourth-order valence-corrected chi connectivity index (χ4v) is 2.04. The van der Waals surface area contributed by atoms with Gasteiger partial charge in [0.1, 0.15) is 0 Å². The van der Waals surface area contributed by atoms with Crippen LogP contribution in [0.3, 0.4) is 0 Å². The van der Waals surface area contributed by atoms with Crippen molar-refractivity contribution >= 4 is 0 Å². The van der Waals surface area contributed by atoms with Gasteiger partial charge in [0.05, 0.1) is 0 Å². The summed E-state index contributed by atoms with van der Waals surface area (Å²) in [6.45, 7) is 8.18. The minimum atomic E-state index is 1.17. The largest absolute Gasteiger partial charge is 0.103 e. The maximum atomic E-state index is 3.75. The maximum Gasteiger partial charge on any atom is -0.0276 e. The molecule has 16 heavy (non-hydrogen) atoms. The summed E-state index contributed by atoms with van der Waals surface area (Å²) in [6.07, 6.45) is 9.74. The number of hydrogen-bond donors (Lipinski definition) is 0. The molecule has 0 amide bonds. The highest BCUT2D eigenvalue weighted by molar-refractivity contribution is 5.33. The second-order valence-corrected chi connectivity index (χ2v) is 4.60. The molecule has 0 heteroatoms. The van der Waals surface area contributed by atoms with Crippen molar-refractivity contribution in [1.29, 1.82) is 0 Å². The first kappa shape index (κ1) is 13.0. The summed E-state index contributed by atoms with van der Waals surface area (Å²) in [5.74, 6) is 0. The number of rotatable bonds is 7. The van der Waals surface area contributed by atoms with Crippen molar-refractivity contribution in [2.24, 2.45) is 0 Å². The Balaban J connectivity index is 2.26. The van der Waals surface area contributed by atoms with E-state index in [1.54, 1.807) is 0 Å². The summed E-state index contributed by atoms with van der Waals surface area (Å²) in [4.78, 5) is 0. The Morgan fingerprint density at radius 1 is 1.06 bits per heavy atom. The lowest BCUT2D eigenvalue weighted by molar-refractivity contribution is 0.645. The lowest BCUT2D eigenvalue weighted by Crippen LogP contribution is -1.92. The third kappa shape index (κ3) is 4.22. The van der Waals surface area contributed by atoms with Crippen LogP contribution in [0.2, 0.25) is 0 Å². The van der Waals surface area contributed by atoms with E-state index in [1.165, 1.54) is 55.2 Å². The van der Waals surface area contributed by atoms with Crippen LogP contribution in [0.15, 0.2) is 30.9 Å². The van der Waals surface area contributed by atoms with Crippen LogP contribution in [-0.4, -0.2) is 0 Å². The molecule has 0 radical (unpaired) electrons. The fraction of sp³-hybridized carbons (Fsp3) is 0.500. The molecule has 0 atom stereocenters. The van der Waals surface area contributed by atoms with Gasteiger partial charge in [-0.2, -0.15) is 0 Å². The minimum absolute atomic E-state index is 1.17. The lowest BCUT2D eigenvalue weighted by atomic mass is 9.98. The van der Waals surface area contributed by atoms with E-state index in [1.807, 2.05) is 6.08 Å². The number of hydrogen-bond acceptors (Lipinski definition) is 0. The zero-order valence-corrected chi connectivity index (χ0v) is 10.8. The molecule has 1 rings (SSSR count). The molecule has 0 saturated carbocycles. The molecular weight excluding hydrogens is 192 g/mol. The molecule has 0 N–H and O–H groups in total. The Bertz CT molecular complexity index is 323. The number of unbranched alkanes of at least 4 members (excludes halogenated alkanes) is 4. The third-order valence-electron chi connectivity index (χ3n) is 3.32. The molecule has 0 aliphatic heterocycles. The van der Waals surface area contributed by atoms with Crippen LogP contribution in [0.5, 0.6) is 0 Å². The van der Waals surface area contributed by atoms with Crippen molar-refractivity contribution in [2.75, 3.05) is 0 Å². The van der Waals surface area contributed by atoms with Crippen LogP contribution in [0.25, 0.3) is 0 Å². The zero-order chi connectivity index (χ0) is 11.8. The number of allylic oxidation sites excluding steroid dienone is 1. The van der Waals surface area contributed by atoms with Gasteiger partial charge in [-0.1, -0.05) is 37.1 Å². The molecule has 1 aromatic rings. The SMILES string of the molecule is C=CCCCCCCc1cccc(C)c1C. The molecule has 0 saturated heterocycles. The first-order chi connectivity index (χ1) is 7.75. The Kier molecular flexibility index (Phi) is 5.92. The van der Waals surface area contributed by atoms with E-state index < -0.39 is 0 Å². The van der Waals surface area contributed by atoms with Gasteiger partial charge in [-0.05, 0) is 56.2 Å². The monoisotopic (exact) mass is 216 g/mol. The van der Waals surface area contributed by atoms with Gasteiger partial charge in [0.2, 0.25) is 0 Å². The lowest BCUT2D eigenvalue weighted by Gasteiger charge is -2.08. The second kappa shape index (κ2) is 7.27.